The Morgan fingerprint density at radius 1 is 0.677 bits per heavy atom. The summed E-state index contributed by atoms with van der Waals surface area (Å²) in [6.45, 7) is 4.63. The lowest BCUT2D eigenvalue weighted by Crippen LogP contribution is -2.13. The molecule has 2 aliphatic rings. The molecule has 2 aliphatic carbocycles. The van der Waals surface area contributed by atoms with E-state index in [9.17, 15) is 0 Å². The molecule has 2 fully saturated rings. The first-order valence-corrected chi connectivity index (χ1v) is 13.2. The van der Waals surface area contributed by atoms with Gasteiger partial charge in [-0.05, 0) is 86.2 Å². The van der Waals surface area contributed by atoms with Crippen molar-refractivity contribution in [1.82, 2.24) is 9.97 Å². The second kappa shape index (κ2) is 11.2. The topological polar surface area (TPSA) is 25.8 Å². The molecule has 2 saturated carbocycles. The Balaban J connectivity index is 1.30. The van der Waals surface area contributed by atoms with E-state index in [2.05, 4.69) is 50.5 Å². The fourth-order valence-corrected chi connectivity index (χ4v) is 5.97. The first-order valence-electron chi connectivity index (χ1n) is 13.2. The summed E-state index contributed by atoms with van der Waals surface area (Å²) < 4.78 is 0. The largest absolute Gasteiger partial charge is 0.236 e. The SMILES string of the molecule is CCCCCC1CCC(c2ccc(-c3ncc(C4CCC(CC)CC4)cn3)cc2)CC1. The van der Waals surface area contributed by atoms with E-state index in [0.29, 0.717) is 5.92 Å². The van der Waals surface area contributed by atoms with Crippen LogP contribution in [0, 0.1) is 11.8 Å². The molecule has 2 heteroatoms. The van der Waals surface area contributed by atoms with Crippen molar-refractivity contribution < 1.29 is 0 Å². The Bertz CT molecular complexity index is 763. The van der Waals surface area contributed by atoms with Crippen molar-refractivity contribution in [1.29, 1.82) is 0 Å². The predicted octanol–water partition coefficient (Wildman–Crippen LogP) is 8.68. The molecular formula is C29H42N2. The van der Waals surface area contributed by atoms with Crippen LogP contribution < -0.4 is 0 Å². The summed E-state index contributed by atoms with van der Waals surface area (Å²) in [5, 5.41) is 0. The number of aromatic nitrogens is 2. The highest BCUT2D eigenvalue weighted by molar-refractivity contribution is 5.55. The van der Waals surface area contributed by atoms with Gasteiger partial charge in [0.2, 0.25) is 0 Å². The first kappa shape index (κ1) is 22.5. The third-order valence-electron chi connectivity index (χ3n) is 8.27. The van der Waals surface area contributed by atoms with Gasteiger partial charge in [-0.2, -0.15) is 0 Å². The zero-order valence-corrected chi connectivity index (χ0v) is 19.9. The Hall–Kier alpha value is -1.70. The summed E-state index contributed by atoms with van der Waals surface area (Å²) in [4.78, 5) is 9.48. The number of nitrogens with zero attached hydrogens (tertiary/aromatic N) is 2. The van der Waals surface area contributed by atoms with Gasteiger partial charge in [-0.1, -0.05) is 70.2 Å². The third-order valence-corrected chi connectivity index (χ3v) is 8.27. The van der Waals surface area contributed by atoms with E-state index in [4.69, 9.17) is 9.97 Å². The summed E-state index contributed by atoms with van der Waals surface area (Å²) in [7, 11) is 0. The minimum Gasteiger partial charge on any atom is -0.236 e. The molecule has 31 heavy (non-hydrogen) atoms. The second-order valence-electron chi connectivity index (χ2n) is 10.3. The molecule has 1 aromatic carbocycles. The Kier molecular flexibility index (Phi) is 8.16. The van der Waals surface area contributed by atoms with Crippen LogP contribution in [0.5, 0.6) is 0 Å². The Morgan fingerprint density at radius 2 is 1.26 bits per heavy atom. The lowest BCUT2D eigenvalue weighted by atomic mass is 9.77. The highest BCUT2D eigenvalue weighted by Gasteiger charge is 2.23. The van der Waals surface area contributed by atoms with Crippen molar-refractivity contribution in [3.8, 4) is 11.4 Å². The Morgan fingerprint density at radius 3 is 1.84 bits per heavy atom. The molecule has 0 unspecified atom stereocenters. The van der Waals surface area contributed by atoms with Crippen LogP contribution in [-0.4, -0.2) is 9.97 Å². The maximum atomic E-state index is 4.74. The monoisotopic (exact) mass is 418 g/mol. The zero-order chi connectivity index (χ0) is 21.5. The van der Waals surface area contributed by atoms with Gasteiger partial charge in [0, 0.05) is 18.0 Å². The molecule has 1 heterocycles. The molecule has 1 aromatic heterocycles. The predicted molar refractivity (Wildman–Crippen MR) is 131 cm³/mol. The van der Waals surface area contributed by atoms with Gasteiger partial charge in [0.05, 0.1) is 0 Å². The van der Waals surface area contributed by atoms with Crippen molar-refractivity contribution in [3.05, 3.63) is 47.8 Å². The van der Waals surface area contributed by atoms with Crippen LogP contribution in [0.4, 0.5) is 0 Å². The van der Waals surface area contributed by atoms with Crippen LogP contribution in [0.3, 0.4) is 0 Å². The maximum absolute atomic E-state index is 4.74. The fraction of sp³-hybridized carbons (Fsp3) is 0.655. The van der Waals surface area contributed by atoms with Crippen LogP contribution in [0.15, 0.2) is 36.7 Å². The third kappa shape index (κ3) is 5.96. The van der Waals surface area contributed by atoms with Crippen LogP contribution >= 0.6 is 0 Å². The van der Waals surface area contributed by atoms with Gasteiger partial charge >= 0.3 is 0 Å². The molecular weight excluding hydrogens is 376 g/mol. The van der Waals surface area contributed by atoms with E-state index in [1.54, 1.807) is 0 Å². The smallest absolute Gasteiger partial charge is 0.159 e. The van der Waals surface area contributed by atoms with Crippen molar-refractivity contribution >= 4 is 0 Å². The summed E-state index contributed by atoms with van der Waals surface area (Å²) >= 11 is 0. The number of benzene rings is 1. The van der Waals surface area contributed by atoms with Gasteiger partial charge < -0.3 is 0 Å². The van der Waals surface area contributed by atoms with Gasteiger partial charge in [-0.3, -0.25) is 0 Å². The lowest BCUT2D eigenvalue weighted by molar-refractivity contribution is 0.303. The van der Waals surface area contributed by atoms with Gasteiger partial charge in [0.1, 0.15) is 0 Å². The number of hydrogen-bond acceptors (Lipinski definition) is 2. The lowest BCUT2D eigenvalue weighted by Gasteiger charge is -2.29. The second-order valence-corrected chi connectivity index (χ2v) is 10.3. The molecule has 2 nitrogen and oxygen atoms in total. The molecule has 0 atom stereocenters. The molecule has 168 valence electrons. The van der Waals surface area contributed by atoms with Crippen molar-refractivity contribution in [2.24, 2.45) is 11.8 Å². The quantitative estimate of drug-likeness (QED) is 0.401. The molecule has 2 aromatic rings. The van der Waals surface area contributed by atoms with Crippen molar-refractivity contribution in [3.63, 3.8) is 0 Å². The summed E-state index contributed by atoms with van der Waals surface area (Å²) in [5.41, 5.74) is 4.00. The average molecular weight is 419 g/mol. The summed E-state index contributed by atoms with van der Waals surface area (Å²) in [6.07, 6.45) is 22.0. The number of rotatable bonds is 8. The van der Waals surface area contributed by atoms with Gasteiger partial charge in [0.25, 0.3) is 0 Å². The summed E-state index contributed by atoms with van der Waals surface area (Å²) in [5.74, 6) is 4.20. The van der Waals surface area contributed by atoms with E-state index in [-0.39, 0.29) is 0 Å². The minimum atomic E-state index is 0.663. The maximum Gasteiger partial charge on any atom is 0.159 e. The molecule has 0 amide bonds. The average Bonchev–Trinajstić information content (AvgIpc) is 2.85. The van der Waals surface area contributed by atoms with Crippen molar-refractivity contribution in [2.45, 2.75) is 109 Å². The van der Waals surface area contributed by atoms with Crippen LogP contribution in [0.25, 0.3) is 11.4 Å². The van der Waals surface area contributed by atoms with Crippen LogP contribution in [-0.2, 0) is 0 Å². The number of hydrogen-bond donors (Lipinski definition) is 0. The molecule has 4 rings (SSSR count). The highest BCUT2D eigenvalue weighted by atomic mass is 14.9. The zero-order valence-electron chi connectivity index (χ0n) is 19.9. The summed E-state index contributed by atoms with van der Waals surface area (Å²) in [6, 6.07) is 9.15. The fourth-order valence-electron chi connectivity index (χ4n) is 5.97. The van der Waals surface area contributed by atoms with Crippen LogP contribution in [0.1, 0.15) is 120 Å². The Labute approximate surface area is 190 Å². The van der Waals surface area contributed by atoms with Crippen LogP contribution in [0.2, 0.25) is 0 Å². The van der Waals surface area contributed by atoms with Gasteiger partial charge in [0.15, 0.2) is 5.82 Å². The molecule has 0 saturated heterocycles. The van der Waals surface area contributed by atoms with Crippen molar-refractivity contribution in [2.75, 3.05) is 0 Å². The number of unbranched alkanes of at least 4 members (excludes halogenated alkanes) is 2. The molecule has 0 bridgehead atoms. The molecule has 0 spiro atoms. The van der Waals surface area contributed by atoms with Gasteiger partial charge in [-0.25, -0.2) is 9.97 Å². The van der Waals surface area contributed by atoms with E-state index in [0.717, 1.165) is 29.1 Å². The molecule has 0 radical (unpaired) electrons. The normalized spacial score (nSPS) is 26.6. The molecule has 0 aliphatic heterocycles. The van der Waals surface area contributed by atoms with E-state index >= 15 is 0 Å². The highest BCUT2D eigenvalue weighted by Crippen LogP contribution is 2.39. The molecule has 0 N–H and O–H groups in total. The van der Waals surface area contributed by atoms with E-state index < -0.39 is 0 Å². The standard InChI is InChI=1S/C29H42N2/c1-3-5-6-7-23-10-14-24(15-11-23)25-16-18-27(19-17-25)29-30-20-28(21-31-29)26-12-8-22(4-2)9-13-26/h16-24,26H,3-15H2,1-2H3. The first-order chi connectivity index (χ1) is 15.3. The van der Waals surface area contributed by atoms with Gasteiger partial charge in [-0.15, -0.1) is 0 Å². The van der Waals surface area contributed by atoms with E-state index in [1.165, 1.54) is 94.6 Å². The minimum absolute atomic E-state index is 0.663. The van der Waals surface area contributed by atoms with E-state index in [1.807, 2.05) is 0 Å².